The van der Waals surface area contributed by atoms with E-state index in [4.69, 9.17) is 4.74 Å². The molecule has 0 spiro atoms. The molecule has 5 rings (SSSR count). The molecule has 1 saturated carbocycles. The number of aryl methyl sites for hydroxylation is 1. The predicted molar refractivity (Wildman–Crippen MR) is 100 cm³/mol. The molecule has 3 aliphatic rings. The number of rotatable bonds is 5. The SMILES string of the molecule is Cn1ccc(C(O)C23CN(C(=O)OCc4ccccc4)C(C=O)(C2)C3)cc1=O. The fourth-order valence-corrected chi connectivity index (χ4v) is 4.50. The van der Waals surface area contributed by atoms with E-state index in [1.165, 1.54) is 15.5 Å². The van der Waals surface area contributed by atoms with E-state index in [2.05, 4.69) is 0 Å². The van der Waals surface area contributed by atoms with Crippen molar-refractivity contribution in [3.63, 3.8) is 0 Å². The zero-order valence-electron chi connectivity index (χ0n) is 15.6. The maximum absolute atomic E-state index is 12.6. The average Bonchev–Trinajstić information content (AvgIpc) is 3.21. The zero-order valence-corrected chi connectivity index (χ0v) is 15.6. The van der Waals surface area contributed by atoms with Crippen molar-refractivity contribution < 1.29 is 19.4 Å². The van der Waals surface area contributed by atoms with Gasteiger partial charge in [-0.1, -0.05) is 30.3 Å². The monoisotopic (exact) mass is 382 g/mol. The van der Waals surface area contributed by atoms with E-state index in [9.17, 15) is 19.5 Å². The van der Waals surface area contributed by atoms with Gasteiger partial charge in [-0.15, -0.1) is 0 Å². The van der Waals surface area contributed by atoms with Crippen LogP contribution in [0.25, 0.3) is 0 Å². The van der Waals surface area contributed by atoms with E-state index in [1.807, 2.05) is 30.3 Å². The molecule has 3 fully saturated rings. The molecule has 2 bridgehead atoms. The first-order valence-electron chi connectivity index (χ1n) is 9.18. The first-order chi connectivity index (χ1) is 13.4. The van der Waals surface area contributed by atoms with Crippen molar-refractivity contribution in [1.82, 2.24) is 9.47 Å². The topological polar surface area (TPSA) is 88.8 Å². The molecular weight excluding hydrogens is 360 g/mol. The quantitative estimate of drug-likeness (QED) is 0.797. The third-order valence-electron chi connectivity index (χ3n) is 6.00. The molecule has 3 heterocycles. The van der Waals surface area contributed by atoms with Crippen molar-refractivity contribution in [3.8, 4) is 0 Å². The van der Waals surface area contributed by atoms with Gasteiger partial charge in [-0.3, -0.25) is 9.69 Å². The maximum Gasteiger partial charge on any atom is 0.410 e. The van der Waals surface area contributed by atoms with Gasteiger partial charge in [-0.25, -0.2) is 4.79 Å². The number of aliphatic hydroxyl groups is 1. The van der Waals surface area contributed by atoms with Gasteiger partial charge >= 0.3 is 6.09 Å². The number of pyridine rings is 1. The van der Waals surface area contributed by atoms with E-state index in [0.717, 1.165) is 11.8 Å². The highest BCUT2D eigenvalue weighted by atomic mass is 16.6. The summed E-state index contributed by atoms with van der Waals surface area (Å²) in [5, 5.41) is 10.9. The summed E-state index contributed by atoms with van der Waals surface area (Å²) in [6, 6.07) is 12.4. The summed E-state index contributed by atoms with van der Waals surface area (Å²) in [7, 11) is 1.64. The summed E-state index contributed by atoms with van der Waals surface area (Å²) in [6.07, 6.45) is 1.61. The number of aldehydes is 1. The third-order valence-corrected chi connectivity index (χ3v) is 6.00. The number of benzene rings is 1. The van der Waals surface area contributed by atoms with Crippen molar-refractivity contribution in [3.05, 3.63) is 70.1 Å². The molecular formula is C21H22N2O5. The van der Waals surface area contributed by atoms with Crippen LogP contribution in [-0.2, 0) is 23.2 Å². The van der Waals surface area contributed by atoms with Crippen molar-refractivity contribution in [1.29, 1.82) is 0 Å². The van der Waals surface area contributed by atoms with Gasteiger partial charge in [0.15, 0.2) is 0 Å². The normalized spacial score (nSPS) is 26.4. The smallest absolute Gasteiger partial charge is 0.410 e. The minimum absolute atomic E-state index is 0.120. The molecule has 2 aromatic rings. The summed E-state index contributed by atoms with van der Waals surface area (Å²) in [5.41, 5.74) is -0.432. The van der Waals surface area contributed by atoms with Gasteiger partial charge in [0.1, 0.15) is 18.4 Å². The average molecular weight is 382 g/mol. The number of nitrogens with zero attached hydrogens (tertiary/aromatic N) is 2. The Morgan fingerprint density at radius 2 is 2.00 bits per heavy atom. The number of aromatic nitrogens is 1. The Kier molecular flexibility index (Phi) is 4.34. The lowest BCUT2D eigenvalue weighted by Gasteiger charge is -2.46. The standard InChI is InChI=1S/C21H22N2O5/c1-22-8-7-16(9-17(22)25)18(26)20-11-21(12-20,14-24)23(13-20)19(27)28-10-15-5-3-2-4-6-15/h2-9,14,18,26H,10-13H2,1H3. The molecule has 1 aromatic heterocycles. The number of carbonyl (C=O) groups excluding carboxylic acids is 2. The minimum Gasteiger partial charge on any atom is -0.445 e. The van der Waals surface area contributed by atoms with Gasteiger partial charge < -0.3 is 19.2 Å². The van der Waals surface area contributed by atoms with E-state index >= 15 is 0 Å². The fourth-order valence-electron chi connectivity index (χ4n) is 4.50. The van der Waals surface area contributed by atoms with Crippen molar-refractivity contribution in [2.45, 2.75) is 31.1 Å². The van der Waals surface area contributed by atoms with Crippen LogP contribution in [0.5, 0.6) is 0 Å². The number of fused-ring (bicyclic) bond motifs is 1. The van der Waals surface area contributed by atoms with Crippen LogP contribution in [-0.4, -0.2) is 39.0 Å². The van der Waals surface area contributed by atoms with Gasteiger partial charge in [0.25, 0.3) is 5.56 Å². The molecule has 1 N–H and O–H groups in total. The molecule has 1 amide bonds. The van der Waals surface area contributed by atoms with Crippen LogP contribution < -0.4 is 5.56 Å². The lowest BCUT2D eigenvalue weighted by molar-refractivity contribution is -0.124. The molecule has 1 aromatic carbocycles. The number of amides is 1. The van der Waals surface area contributed by atoms with Gasteiger partial charge in [0.2, 0.25) is 0 Å². The number of hydrogen-bond acceptors (Lipinski definition) is 5. The molecule has 1 unspecified atom stereocenters. The molecule has 146 valence electrons. The Morgan fingerprint density at radius 3 is 2.64 bits per heavy atom. The molecule has 2 aliphatic heterocycles. The zero-order chi connectivity index (χ0) is 19.9. The van der Waals surface area contributed by atoms with Gasteiger partial charge in [0.05, 0.1) is 6.10 Å². The third kappa shape index (κ3) is 2.82. The number of carbonyl (C=O) groups is 2. The lowest BCUT2D eigenvalue weighted by atomic mass is 9.59. The second kappa shape index (κ2) is 6.60. The molecule has 0 radical (unpaired) electrons. The van der Waals surface area contributed by atoms with E-state index in [1.54, 1.807) is 19.3 Å². The Hall–Kier alpha value is -2.93. The Bertz CT molecular complexity index is 962. The Morgan fingerprint density at radius 1 is 1.29 bits per heavy atom. The number of ether oxygens (including phenoxy) is 1. The fraction of sp³-hybridized carbons (Fsp3) is 0.381. The van der Waals surface area contributed by atoms with Gasteiger partial charge in [0, 0.05) is 31.3 Å². The van der Waals surface area contributed by atoms with Crippen LogP contribution >= 0.6 is 0 Å². The van der Waals surface area contributed by atoms with Crippen LogP contribution in [0, 0.1) is 5.41 Å². The second-order valence-electron chi connectivity index (χ2n) is 7.88. The van der Waals surface area contributed by atoms with E-state index < -0.39 is 23.2 Å². The predicted octanol–water partition coefficient (Wildman–Crippen LogP) is 1.79. The van der Waals surface area contributed by atoms with Crippen LogP contribution in [0.3, 0.4) is 0 Å². The van der Waals surface area contributed by atoms with Crippen LogP contribution in [0.4, 0.5) is 4.79 Å². The summed E-state index contributed by atoms with van der Waals surface area (Å²) in [4.78, 5) is 37.7. The summed E-state index contributed by atoms with van der Waals surface area (Å²) < 4.78 is 6.82. The number of hydrogen-bond donors (Lipinski definition) is 1. The summed E-state index contributed by atoms with van der Waals surface area (Å²) >= 11 is 0. The molecule has 7 nitrogen and oxygen atoms in total. The van der Waals surface area contributed by atoms with Crippen molar-refractivity contribution in [2.75, 3.05) is 6.54 Å². The van der Waals surface area contributed by atoms with Crippen molar-refractivity contribution in [2.24, 2.45) is 12.5 Å². The maximum atomic E-state index is 12.6. The molecule has 1 aliphatic carbocycles. The minimum atomic E-state index is -0.936. The molecule has 28 heavy (non-hydrogen) atoms. The summed E-state index contributed by atoms with van der Waals surface area (Å²) in [5.74, 6) is 0. The number of aliphatic hydroxyl groups excluding tert-OH is 1. The second-order valence-corrected chi connectivity index (χ2v) is 7.88. The lowest BCUT2D eigenvalue weighted by Crippen LogP contribution is -2.53. The molecule has 2 saturated heterocycles. The molecule has 7 heteroatoms. The molecule has 1 atom stereocenters. The van der Waals surface area contributed by atoms with Crippen LogP contribution in [0.1, 0.15) is 30.1 Å². The Balaban J connectivity index is 1.50. The highest BCUT2D eigenvalue weighted by Crippen LogP contribution is 2.63. The first kappa shape index (κ1) is 18.4. The first-order valence-corrected chi connectivity index (χ1v) is 9.18. The highest BCUT2D eigenvalue weighted by molar-refractivity contribution is 5.80. The highest BCUT2D eigenvalue weighted by Gasteiger charge is 2.70. The van der Waals surface area contributed by atoms with Gasteiger partial charge in [-0.2, -0.15) is 0 Å². The Labute approximate surface area is 162 Å². The van der Waals surface area contributed by atoms with E-state index in [-0.39, 0.29) is 18.7 Å². The van der Waals surface area contributed by atoms with Crippen molar-refractivity contribution >= 4 is 12.4 Å². The van der Waals surface area contributed by atoms with Crippen LogP contribution in [0.15, 0.2) is 53.5 Å². The van der Waals surface area contributed by atoms with Crippen LogP contribution in [0.2, 0.25) is 0 Å². The van der Waals surface area contributed by atoms with Gasteiger partial charge in [-0.05, 0) is 30.0 Å². The van der Waals surface area contributed by atoms with E-state index in [0.29, 0.717) is 18.4 Å². The summed E-state index contributed by atoms with van der Waals surface area (Å²) in [6.45, 7) is 0.338. The largest absolute Gasteiger partial charge is 0.445 e.